The molecule has 0 aliphatic carbocycles. The summed E-state index contributed by atoms with van der Waals surface area (Å²) in [5.74, 6) is 0.0334. The fraction of sp³-hybridized carbons (Fsp3) is 0.364. The molecule has 0 heterocycles. The van der Waals surface area contributed by atoms with Crippen LogP contribution in [0.3, 0.4) is 0 Å². The molecule has 28 heavy (non-hydrogen) atoms. The number of nitrogens with zero attached hydrogens (tertiary/aromatic N) is 1. The lowest BCUT2D eigenvalue weighted by Gasteiger charge is -2.28. The molecular formula is C22H27FN2O2S. The number of thioether (sulfide) groups is 1. The molecule has 1 N–H and O–H groups in total. The normalized spacial score (nSPS) is 11.7. The molecule has 0 saturated carbocycles. The van der Waals surface area contributed by atoms with Gasteiger partial charge in [-0.25, -0.2) is 4.39 Å². The summed E-state index contributed by atoms with van der Waals surface area (Å²) in [5, 5.41) is 2.85. The van der Waals surface area contributed by atoms with Gasteiger partial charge in [0.05, 0.1) is 5.75 Å². The number of hydrogen-bond donors (Lipinski definition) is 1. The van der Waals surface area contributed by atoms with E-state index in [4.69, 9.17) is 0 Å². The minimum atomic E-state index is -0.576. The van der Waals surface area contributed by atoms with Crippen molar-refractivity contribution in [2.45, 2.75) is 38.6 Å². The molecule has 2 amide bonds. The predicted molar refractivity (Wildman–Crippen MR) is 112 cm³/mol. The van der Waals surface area contributed by atoms with Crippen molar-refractivity contribution in [3.8, 4) is 0 Å². The highest BCUT2D eigenvalue weighted by Gasteiger charge is 2.25. The molecule has 0 unspecified atom stereocenters. The number of nitrogens with one attached hydrogen (secondary N) is 1. The van der Waals surface area contributed by atoms with Gasteiger partial charge in [-0.15, -0.1) is 11.8 Å². The van der Waals surface area contributed by atoms with Gasteiger partial charge in [0.1, 0.15) is 11.9 Å². The highest BCUT2D eigenvalue weighted by Crippen LogP contribution is 2.17. The van der Waals surface area contributed by atoms with Crippen LogP contribution in [0, 0.1) is 5.82 Å². The highest BCUT2D eigenvalue weighted by atomic mass is 32.2. The van der Waals surface area contributed by atoms with Gasteiger partial charge in [0, 0.05) is 18.8 Å². The van der Waals surface area contributed by atoms with Crippen LogP contribution in [0.2, 0.25) is 0 Å². The molecule has 4 nitrogen and oxygen atoms in total. The monoisotopic (exact) mass is 402 g/mol. The van der Waals surface area contributed by atoms with Gasteiger partial charge in [0.15, 0.2) is 0 Å². The Hall–Kier alpha value is -2.34. The molecule has 0 bridgehead atoms. The van der Waals surface area contributed by atoms with Crippen LogP contribution in [0.25, 0.3) is 0 Å². The Bertz CT molecular complexity index is 770. The van der Waals surface area contributed by atoms with Gasteiger partial charge in [0.25, 0.3) is 0 Å². The second kappa shape index (κ2) is 11.5. The zero-order valence-corrected chi connectivity index (χ0v) is 17.2. The fourth-order valence-electron chi connectivity index (χ4n) is 2.71. The summed E-state index contributed by atoms with van der Waals surface area (Å²) in [4.78, 5) is 26.9. The minimum absolute atomic E-state index is 0.135. The average molecular weight is 403 g/mol. The van der Waals surface area contributed by atoms with Crippen LogP contribution in [-0.2, 0) is 21.9 Å². The molecule has 2 aromatic rings. The van der Waals surface area contributed by atoms with Crippen LogP contribution in [0.5, 0.6) is 0 Å². The molecule has 0 aliphatic heterocycles. The van der Waals surface area contributed by atoms with E-state index in [9.17, 15) is 14.0 Å². The standard InChI is InChI=1S/C22H27FN2O2S/c1-3-13-24-22(27)17(2)25(14-18-9-5-4-6-10-18)21(26)16-28-15-19-11-7-8-12-20(19)23/h4-12,17H,3,13-16H2,1-2H3,(H,24,27)/t17-/m0/s1. The Kier molecular flexibility index (Phi) is 9.01. The number of halogens is 1. The van der Waals surface area contributed by atoms with E-state index < -0.39 is 6.04 Å². The number of amides is 2. The zero-order chi connectivity index (χ0) is 20.4. The van der Waals surface area contributed by atoms with Crippen molar-refractivity contribution in [1.29, 1.82) is 0 Å². The number of carbonyl (C=O) groups excluding carboxylic acids is 2. The van der Waals surface area contributed by atoms with Crippen LogP contribution < -0.4 is 5.32 Å². The largest absolute Gasteiger partial charge is 0.354 e. The Morgan fingerprint density at radius 2 is 1.79 bits per heavy atom. The lowest BCUT2D eigenvalue weighted by atomic mass is 10.1. The molecule has 0 spiro atoms. The smallest absolute Gasteiger partial charge is 0.242 e. The summed E-state index contributed by atoms with van der Waals surface area (Å²) in [5.41, 5.74) is 1.54. The van der Waals surface area contributed by atoms with Gasteiger partial charge < -0.3 is 10.2 Å². The Balaban J connectivity index is 2.03. The second-order valence-electron chi connectivity index (χ2n) is 6.56. The van der Waals surface area contributed by atoms with Crippen LogP contribution in [-0.4, -0.2) is 35.1 Å². The van der Waals surface area contributed by atoms with Crippen molar-refractivity contribution in [2.75, 3.05) is 12.3 Å². The van der Waals surface area contributed by atoms with Gasteiger partial charge in [-0.3, -0.25) is 9.59 Å². The van der Waals surface area contributed by atoms with E-state index in [1.807, 2.05) is 37.3 Å². The highest BCUT2D eigenvalue weighted by molar-refractivity contribution is 7.99. The van der Waals surface area contributed by atoms with Crippen molar-refractivity contribution in [3.05, 3.63) is 71.5 Å². The maximum Gasteiger partial charge on any atom is 0.242 e. The van der Waals surface area contributed by atoms with E-state index in [1.165, 1.54) is 17.8 Å². The van der Waals surface area contributed by atoms with Crippen LogP contribution >= 0.6 is 11.8 Å². The first kappa shape index (κ1) is 22.0. The van der Waals surface area contributed by atoms with Crippen molar-refractivity contribution >= 4 is 23.6 Å². The summed E-state index contributed by atoms with van der Waals surface area (Å²) in [7, 11) is 0. The quantitative estimate of drug-likeness (QED) is 0.653. The zero-order valence-electron chi connectivity index (χ0n) is 16.4. The van der Waals surface area contributed by atoms with Gasteiger partial charge in [0.2, 0.25) is 11.8 Å². The SMILES string of the molecule is CCCNC(=O)[C@H](C)N(Cc1ccccc1)C(=O)CSCc1ccccc1F. The lowest BCUT2D eigenvalue weighted by molar-refractivity contribution is -0.138. The number of rotatable bonds is 10. The van der Waals surface area contributed by atoms with Crippen molar-refractivity contribution in [2.24, 2.45) is 0 Å². The Morgan fingerprint density at radius 3 is 2.46 bits per heavy atom. The third kappa shape index (κ3) is 6.68. The molecule has 150 valence electrons. The van der Waals surface area contributed by atoms with E-state index in [-0.39, 0.29) is 23.4 Å². The van der Waals surface area contributed by atoms with E-state index in [1.54, 1.807) is 30.0 Å². The topological polar surface area (TPSA) is 49.4 Å². The Morgan fingerprint density at radius 1 is 1.11 bits per heavy atom. The first-order valence-electron chi connectivity index (χ1n) is 9.45. The molecule has 1 atom stereocenters. The van der Waals surface area contributed by atoms with E-state index in [2.05, 4.69) is 5.32 Å². The lowest BCUT2D eigenvalue weighted by Crippen LogP contribution is -2.48. The van der Waals surface area contributed by atoms with Gasteiger partial charge in [-0.2, -0.15) is 0 Å². The van der Waals surface area contributed by atoms with Crippen LogP contribution in [0.15, 0.2) is 54.6 Å². The summed E-state index contributed by atoms with van der Waals surface area (Å²) < 4.78 is 13.8. The first-order valence-corrected chi connectivity index (χ1v) is 10.6. The van der Waals surface area contributed by atoms with Gasteiger partial charge in [-0.05, 0) is 30.5 Å². The van der Waals surface area contributed by atoms with Crippen LogP contribution in [0.1, 0.15) is 31.4 Å². The molecule has 0 radical (unpaired) electrons. The maximum atomic E-state index is 13.8. The van der Waals surface area contributed by atoms with E-state index in [0.29, 0.717) is 24.4 Å². The fourth-order valence-corrected chi connectivity index (χ4v) is 3.60. The van der Waals surface area contributed by atoms with Crippen LogP contribution in [0.4, 0.5) is 4.39 Å². The van der Waals surface area contributed by atoms with Crippen molar-refractivity contribution in [1.82, 2.24) is 10.2 Å². The summed E-state index contributed by atoms with van der Waals surface area (Å²) in [6.07, 6.45) is 0.837. The van der Waals surface area contributed by atoms with E-state index >= 15 is 0 Å². The number of benzene rings is 2. The molecule has 6 heteroatoms. The average Bonchev–Trinajstić information content (AvgIpc) is 2.71. The number of carbonyl (C=O) groups is 2. The molecule has 0 aliphatic rings. The summed E-state index contributed by atoms with van der Waals surface area (Å²) in [6.45, 7) is 4.67. The Labute approximate surface area is 170 Å². The number of hydrogen-bond acceptors (Lipinski definition) is 3. The first-order chi connectivity index (χ1) is 13.5. The van der Waals surface area contributed by atoms with E-state index in [0.717, 1.165) is 12.0 Å². The van der Waals surface area contributed by atoms with Crippen molar-refractivity contribution in [3.63, 3.8) is 0 Å². The molecule has 0 saturated heterocycles. The van der Waals surface area contributed by atoms with Gasteiger partial charge >= 0.3 is 0 Å². The molecule has 0 fully saturated rings. The molecular weight excluding hydrogens is 375 g/mol. The molecule has 2 rings (SSSR count). The molecule has 2 aromatic carbocycles. The summed E-state index contributed by atoms with van der Waals surface area (Å²) >= 11 is 1.35. The molecule has 0 aromatic heterocycles. The van der Waals surface area contributed by atoms with Crippen molar-refractivity contribution < 1.29 is 14.0 Å². The second-order valence-corrected chi connectivity index (χ2v) is 7.54. The minimum Gasteiger partial charge on any atom is -0.354 e. The third-order valence-corrected chi connectivity index (χ3v) is 5.32. The van der Waals surface area contributed by atoms with Gasteiger partial charge in [-0.1, -0.05) is 55.5 Å². The summed E-state index contributed by atoms with van der Waals surface area (Å²) in [6, 6.07) is 15.6. The predicted octanol–water partition coefficient (Wildman–Crippen LogP) is 4.00. The third-order valence-electron chi connectivity index (χ3n) is 4.35. The maximum absolute atomic E-state index is 13.8.